The van der Waals surface area contributed by atoms with Gasteiger partial charge >= 0.3 is 6.01 Å². The molecule has 5 rings (SSSR count). The van der Waals surface area contributed by atoms with Crippen molar-refractivity contribution in [2.45, 2.75) is 70.6 Å². The van der Waals surface area contributed by atoms with Gasteiger partial charge in [0.2, 0.25) is 0 Å². The Morgan fingerprint density at radius 3 is 2.62 bits per heavy atom. The van der Waals surface area contributed by atoms with Crippen LogP contribution < -0.4 is 10.1 Å². The lowest BCUT2D eigenvalue weighted by atomic mass is 9.98. The highest BCUT2D eigenvalue weighted by Crippen LogP contribution is 2.32. The van der Waals surface area contributed by atoms with Crippen LogP contribution in [0.15, 0.2) is 30.7 Å². The third-order valence-corrected chi connectivity index (χ3v) is 7.46. The minimum Gasteiger partial charge on any atom is -0.460 e. The van der Waals surface area contributed by atoms with Crippen LogP contribution in [0.2, 0.25) is 0 Å². The molecule has 4 heterocycles. The van der Waals surface area contributed by atoms with Gasteiger partial charge < -0.3 is 15.2 Å². The van der Waals surface area contributed by atoms with Gasteiger partial charge in [0.05, 0.1) is 16.7 Å². The Balaban J connectivity index is 1.21. The van der Waals surface area contributed by atoms with Gasteiger partial charge in [-0.1, -0.05) is 23.8 Å². The second kappa shape index (κ2) is 10.8. The number of likely N-dealkylation sites (tertiary alicyclic amines) is 1. The average Bonchev–Trinajstić information content (AvgIpc) is 3.32. The summed E-state index contributed by atoms with van der Waals surface area (Å²) in [6.45, 7) is 4.73. The molecule has 1 aliphatic heterocycles. The van der Waals surface area contributed by atoms with Crippen LogP contribution in [0.5, 0.6) is 6.01 Å². The molecule has 2 aliphatic rings. The van der Waals surface area contributed by atoms with Crippen LogP contribution in [0.1, 0.15) is 56.1 Å². The molecule has 2 fully saturated rings. The fraction of sp³-hybridized carbons (Fsp3) is 0.520. The number of aryl methyl sites for hydroxylation is 1. The Hall–Kier alpha value is -2.62. The molecule has 0 aromatic carbocycles. The van der Waals surface area contributed by atoms with Crippen LogP contribution in [-0.2, 0) is 6.54 Å². The van der Waals surface area contributed by atoms with Crippen molar-refractivity contribution in [1.82, 2.24) is 24.8 Å². The predicted molar refractivity (Wildman–Crippen MR) is 133 cm³/mol. The van der Waals surface area contributed by atoms with E-state index in [0.29, 0.717) is 6.01 Å². The molecule has 1 saturated heterocycles. The Morgan fingerprint density at radius 2 is 1.85 bits per heavy atom. The van der Waals surface area contributed by atoms with Gasteiger partial charge in [-0.15, -0.1) is 0 Å². The smallest absolute Gasteiger partial charge is 0.317 e. The highest BCUT2D eigenvalue weighted by Gasteiger charge is 2.19. The maximum Gasteiger partial charge on any atom is 0.317 e. The first kappa shape index (κ1) is 23.1. The van der Waals surface area contributed by atoms with E-state index in [1.54, 1.807) is 11.3 Å². The summed E-state index contributed by atoms with van der Waals surface area (Å²) in [4.78, 5) is 21.5. The SMILES string of the molecule is Cc1cnc(OC2CCCCC2)nc1-c1cnc(Nc2ccc(CN3CCC(O)CC3)cn2)s1. The minimum absolute atomic E-state index is 0.147. The van der Waals surface area contributed by atoms with Crippen LogP contribution in [0.25, 0.3) is 10.6 Å². The van der Waals surface area contributed by atoms with E-state index in [9.17, 15) is 5.11 Å². The van der Waals surface area contributed by atoms with Crippen molar-refractivity contribution in [3.63, 3.8) is 0 Å². The predicted octanol–water partition coefficient (Wildman–Crippen LogP) is 4.72. The second-order valence-corrected chi connectivity index (χ2v) is 10.3. The number of aliphatic hydroxyl groups is 1. The number of hydrogen-bond acceptors (Lipinski definition) is 9. The molecular formula is C25H32N6O2S. The molecule has 0 radical (unpaired) electrons. The Kier molecular flexibility index (Phi) is 7.32. The summed E-state index contributed by atoms with van der Waals surface area (Å²) < 4.78 is 6.07. The largest absolute Gasteiger partial charge is 0.460 e. The summed E-state index contributed by atoms with van der Waals surface area (Å²) in [5.74, 6) is 0.763. The summed E-state index contributed by atoms with van der Waals surface area (Å²) in [6, 6.07) is 4.54. The van der Waals surface area contributed by atoms with E-state index < -0.39 is 0 Å². The zero-order valence-electron chi connectivity index (χ0n) is 19.6. The third-order valence-electron chi connectivity index (χ3n) is 6.54. The van der Waals surface area contributed by atoms with Gasteiger partial charge in [0.25, 0.3) is 0 Å². The van der Waals surface area contributed by atoms with Gasteiger partial charge in [-0.2, -0.15) is 4.98 Å². The summed E-state index contributed by atoms with van der Waals surface area (Å²) in [7, 11) is 0. The normalized spacial score (nSPS) is 18.2. The third kappa shape index (κ3) is 5.89. The lowest BCUT2D eigenvalue weighted by Crippen LogP contribution is -2.35. The molecule has 0 atom stereocenters. The van der Waals surface area contributed by atoms with E-state index in [1.165, 1.54) is 24.8 Å². The molecule has 0 amide bonds. The number of ether oxygens (including phenoxy) is 1. The Bertz CT molecular complexity index is 1080. The quantitative estimate of drug-likeness (QED) is 0.502. The highest BCUT2D eigenvalue weighted by atomic mass is 32.1. The second-order valence-electron chi connectivity index (χ2n) is 9.28. The molecular weight excluding hydrogens is 448 g/mol. The van der Waals surface area contributed by atoms with E-state index in [1.807, 2.05) is 31.6 Å². The number of piperidine rings is 1. The maximum absolute atomic E-state index is 9.67. The monoisotopic (exact) mass is 480 g/mol. The maximum atomic E-state index is 9.67. The summed E-state index contributed by atoms with van der Waals surface area (Å²) in [5, 5.41) is 13.8. The molecule has 1 saturated carbocycles. The van der Waals surface area contributed by atoms with Crippen LogP contribution in [-0.4, -0.2) is 55.2 Å². The van der Waals surface area contributed by atoms with Crippen LogP contribution in [0, 0.1) is 6.92 Å². The molecule has 2 N–H and O–H groups in total. The number of pyridine rings is 1. The van der Waals surface area contributed by atoms with E-state index >= 15 is 0 Å². The van der Waals surface area contributed by atoms with Gasteiger partial charge in [-0.05, 0) is 62.6 Å². The number of hydrogen-bond donors (Lipinski definition) is 2. The number of aromatic nitrogens is 4. The van der Waals surface area contributed by atoms with Gasteiger partial charge in [0, 0.05) is 38.2 Å². The van der Waals surface area contributed by atoms with Crippen molar-refractivity contribution >= 4 is 22.3 Å². The van der Waals surface area contributed by atoms with E-state index in [2.05, 4.69) is 31.2 Å². The zero-order chi connectivity index (χ0) is 23.3. The number of anilines is 2. The number of nitrogens with zero attached hydrogens (tertiary/aromatic N) is 5. The number of thiazole rings is 1. The van der Waals surface area contributed by atoms with Crippen molar-refractivity contribution in [3.05, 3.63) is 41.9 Å². The van der Waals surface area contributed by atoms with Crippen molar-refractivity contribution in [2.24, 2.45) is 0 Å². The first-order valence-corrected chi connectivity index (χ1v) is 13.0. The number of aliphatic hydroxyl groups excluding tert-OH is 1. The Labute approximate surface area is 204 Å². The Morgan fingerprint density at radius 1 is 1.03 bits per heavy atom. The average molecular weight is 481 g/mol. The highest BCUT2D eigenvalue weighted by molar-refractivity contribution is 7.18. The molecule has 0 spiro atoms. The van der Waals surface area contributed by atoms with Crippen LogP contribution in [0.4, 0.5) is 10.9 Å². The van der Waals surface area contributed by atoms with Crippen LogP contribution >= 0.6 is 11.3 Å². The molecule has 8 nitrogen and oxygen atoms in total. The minimum atomic E-state index is -0.147. The fourth-order valence-electron chi connectivity index (χ4n) is 4.54. The molecule has 34 heavy (non-hydrogen) atoms. The van der Waals surface area contributed by atoms with E-state index in [-0.39, 0.29) is 12.2 Å². The first-order valence-electron chi connectivity index (χ1n) is 12.2. The molecule has 9 heteroatoms. The summed E-state index contributed by atoms with van der Waals surface area (Å²) in [6.07, 6.45) is 13.2. The molecule has 1 aliphatic carbocycles. The lowest BCUT2D eigenvalue weighted by Gasteiger charge is -2.29. The lowest BCUT2D eigenvalue weighted by molar-refractivity contribution is 0.0792. The van der Waals surface area contributed by atoms with Crippen molar-refractivity contribution in [3.8, 4) is 16.6 Å². The summed E-state index contributed by atoms with van der Waals surface area (Å²) in [5.41, 5.74) is 3.03. The molecule has 180 valence electrons. The van der Waals surface area contributed by atoms with Gasteiger partial charge in [0.15, 0.2) is 5.13 Å². The van der Waals surface area contributed by atoms with Gasteiger partial charge in [-0.25, -0.2) is 15.0 Å². The molecule has 3 aromatic rings. The first-order chi connectivity index (χ1) is 16.6. The summed E-state index contributed by atoms with van der Waals surface area (Å²) >= 11 is 1.54. The fourth-order valence-corrected chi connectivity index (χ4v) is 5.42. The molecule has 3 aromatic heterocycles. The van der Waals surface area contributed by atoms with E-state index in [0.717, 1.165) is 72.4 Å². The number of rotatable bonds is 7. The van der Waals surface area contributed by atoms with Crippen molar-refractivity contribution in [1.29, 1.82) is 0 Å². The van der Waals surface area contributed by atoms with Gasteiger partial charge in [0.1, 0.15) is 11.9 Å². The standard InChI is InChI=1S/C25H32N6O2S/c1-17-13-27-24(33-20-5-3-2-4-6-20)30-23(17)21-15-28-25(34-21)29-22-8-7-18(14-26-22)16-31-11-9-19(32)10-12-31/h7-8,13-15,19-20,32H,2-6,9-12,16H2,1H3,(H,26,28,29). The van der Waals surface area contributed by atoms with Gasteiger partial charge in [-0.3, -0.25) is 4.90 Å². The number of nitrogens with one attached hydrogen (secondary N) is 1. The van der Waals surface area contributed by atoms with Crippen molar-refractivity contribution < 1.29 is 9.84 Å². The van der Waals surface area contributed by atoms with Crippen molar-refractivity contribution in [2.75, 3.05) is 18.4 Å². The topological polar surface area (TPSA) is 96.3 Å². The van der Waals surface area contributed by atoms with E-state index in [4.69, 9.17) is 9.72 Å². The van der Waals surface area contributed by atoms with Crippen LogP contribution in [0.3, 0.4) is 0 Å². The zero-order valence-corrected chi connectivity index (χ0v) is 20.4. The molecule has 0 unspecified atom stereocenters. The molecule has 0 bridgehead atoms.